The van der Waals surface area contributed by atoms with Crippen molar-refractivity contribution >= 4 is 23.8 Å². The maximum Gasteiger partial charge on any atom is 0.274 e. The molecule has 1 aliphatic heterocycles. The average molecular weight is 571 g/mol. The molecule has 4 unspecified atom stereocenters. The molecule has 41 heavy (non-hydrogen) atoms. The number of halogens is 2. The van der Waals surface area contributed by atoms with Gasteiger partial charge in [0.1, 0.15) is 23.0 Å². The topological polar surface area (TPSA) is 141 Å². The summed E-state index contributed by atoms with van der Waals surface area (Å²) in [5.41, 5.74) is 5.82. The van der Waals surface area contributed by atoms with E-state index in [1.165, 1.54) is 24.4 Å². The van der Waals surface area contributed by atoms with Gasteiger partial charge in [-0.15, -0.1) is 0 Å². The molecule has 1 aliphatic rings. The number of carbonyl (C=O) groups is 2. The first-order valence-corrected chi connectivity index (χ1v) is 13.1. The van der Waals surface area contributed by atoms with Gasteiger partial charge in [-0.05, 0) is 64.4 Å². The highest BCUT2D eigenvalue weighted by atomic mass is 19.1. The second-order valence-corrected chi connectivity index (χ2v) is 10.7. The molecule has 1 saturated heterocycles. The summed E-state index contributed by atoms with van der Waals surface area (Å²) in [6, 6.07) is 6.39. The number of methoxy groups -OCH3 is 1. The molecule has 0 aromatic carbocycles. The zero-order valence-electron chi connectivity index (χ0n) is 23.9. The van der Waals surface area contributed by atoms with Gasteiger partial charge in [-0.25, -0.2) is 14.4 Å². The van der Waals surface area contributed by atoms with Crippen LogP contribution in [-0.2, 0) is 14.3 Å². The zero-order chi connectivity index (χ0) is 30.3. The minimum Gasteiger partial charge on any atom is -0.384 e. The SMILES string of the molecule is CC1OC(c2ccncc2NC(=O)c2ccc(F)c(-c3ccc(N)nc3F)n2)CC(NC=O)C1C.COC(C)(C)C. The van der Waals surface area contributed by atoms with E-state index in [9.17, 15) is 18.4 Å². The lowest BCUT2D eigenvalue weighted by molar-refractivity contribution is -0.115. The molecule has 2 amide bonds. The highest BCUT2D eigenvalue weighted by molar-refractivity contribution is 6.03. The maximum absolute atomic E-state index is 14.4. The molecule has 4 heterocycles. The molecule has 0 bridgehead atoms. The molecular formula is C29H36F2N6O4. The summed E-state index contributed by atoms with van der Waals surface area (Å²) in [5.74, 6) is -2.43. The van der Waals surface area contributed by atoms with Crippen molar-refractivity contribution in [2.24, 2.45) is 5.92 Å². The van der Waals surface area contributed by atoms with Crippen LogP contribution in [0.4, 0.5) is 20.3 Å². The van der Waals surface area contributed by atoms with E-state index >= 15 is 0 Å². The summed E-state index contributed by atoms with van der Waals surface area (Å²) >= 11 is 0. The molecule has 4 N–H and O–H groups in total. The standard InChI is InChI=1S/C24H24F2N6O3.C5H12O/c1-12-13(2)35-20(9-18(12)29-11-33)14-7-8-28-10-19(14)31-24(34)17-5-4-16(25)22(30-17)15-3-6-21(27)32-23(15)26;1-5(2,3)6-4/h3-8,10-13,18,20H,9H2,1-2H3,(H2,27,32)(H,29,33)(H,31,34);1-4H3. The van der Waals surface area contributed by atoms with Crippen molar-refractivity contribution in [3.63, 3.8) is 0 Å². The van der Waals surface area contributed by atoms with Crippen LogP contribution in [0.1, 0.15) is 63.2 Å². The molecule has 4 atom stereocenters. The molecule has 10 nitrogen and oxygen atoms in total. The molecule has 0 aliphatic carbocycles. The van der Waals surface area contributed by atoms with Gasteiger partial charge in [-0.1, -0.05) is 6.92 Å². The normalized spacial score (nSPS) is 20.4. The van der Waals surface area contributed by atoms with Crippen LogP contribution < -0.4 is 16.4 Å². The van der Waals surface area contributed by atoms with Crippen LogP contribution in [0.2, 0.25) is 0 Å². The van der Waals surface area contributed by atoms with E-state index in [4.69, 9.17) is 15.2 Å². The van der Waals surface area contributed by atoms with Crippen molar-refractivity contribution < 1.29 is 27.8 Å². The van der Waals surface area contributed by atoms with Gasteiger partial charge in [0, 0.05) is 30.8 Å². The third-order valence-corrected chi connectivity index (χ3v) is 6.77. The second-order valence-electron chi connectivity index (χ2n) is 10.7. The van der Waals surface area contributed by atoms with Crippen LogP contribution in [0, 0.1) is 17.7 Å². The summed E-state index contributed by atoms with van der Waals surface area (Å²) < 4.78 is 39.8. The molecule has 220 valence electrons. The van der Waals surface area contributed by atoms with Crippen LogP contribution in [0.15, 0.2) is 42.7 Å². The Balaban J connectivity index is 0.000000696. The maximum atomic E-state index is 14.4. The summed E-state index contributed by atoms with van der Waals surface area (Å²) in [7, 11) is 1.71. The third-order valence-electron chi connectivity index (χ3n) is 6.77. The molecule has 1 fully saturated rings. The summed E-state index contributed by atoms with van der Waals surface area (Å²) in [5, 5.41) is 5.57. The first-order chi connectivity index (χ1) is 19.3. The van der Waals surface area contributed by atoms with Gasteiger partial charge < -0.3 is 25.8 Å². The van der Waals surface area contributed by atoms with Crippen LogP contribution in [0.25, 0.3) is 11.3 Å². The molecule has 0 saturated carbocycles. The molecule has 3 aromatic heterocycles. The van der Waals surface area contributed by atoms with Gasteiger partial charge in [-0.2, -0.15) is 4.39 Å². The Kier molecular flexibility index (Phi) is 10.4. The van der Waals surface area contributed by atoms with E-state index in [0.717, 1.165) is 6.07 Å². The number of hydrogen-bond donors (Lipinski definition) is 3. The van der Waals surface area contributed by atoms with E-state index in [1.54, 1.807) is 19.4 Å². The number of rotatable bonds is 6. The van der Waals surface area contributed by atoms with Crippen LogP contribution >= 0.6 is 0 Å². The van der Waals surface area contributed by atoms with Gasteiger partial charge in [0.25, 0.3) is 5.91 Å². The number of nitrogens with zero attached hydrogens (tertiary/aromatic N) is 3. The smallest absolute Gasteiger partial charge is 0.274 e. The number of amides is 2. The van der Waals surface area contributed by atoms with E-state index in [-0.39, 0.29) is 46.4 Å². The summed E-state index contributed by atoms with van der Waals surface area (Å²) in [6.45, 7) is 9.98. The largest absolute Gasteiger partial charge is 0.384 e. The minimum atomic E-state index is -1.00. The first kappa shape index (κ1) is 31.5. The average Bonchev–Trinajstić information content (AvgIpc) is 2.92. The lowest BCUT2D eigenvalue weighted by Gasteiger charge is -2.39. The van der Waals surface area contributed by atoms with Crippen LogP contribution in [0.3, 0.4) is 0 Å². The van der Waals surface area contributed by atoms with E-state index < -0.39 is 23.8 Å². The highest BCUT2D eigenvalue weighted by Crippen LogP contribution is 2.37. The molecule has 4 rings (SSSR count). The van der Waals surface area contributed by atoms with Crippen molar-refractivity contribution in [2.45, 2.75) is 64.9 Å². The fourth-order valence-electron chi connectivity index (χ4n) is 4.08. The third kappa shape index (κ3) is 8.24. The monoisotopic (exact) mass is 570 g/mol. The minimum absolute atomic E-state index is 0.0417. The predicted molar refractivity (Wildman–Crippen MR) is 151 cm³/mol. The Morgan fingerprint density at radius 3 is 2.49 bits per heavy atom. The zero-order valence-corrected chi connectivity index (χ0v) is 23.9. The predicted octanol–water partition coefficient (Wildman–Crippen LogP) is 4.68. The van der Waals surface area contributed by atoms with Crippen LogP contribution in [-0.4, -0.2) is 52.1 Å². The Bertz CT molecular complexity index is 1370. The quantitative estimate of drug-likeness (QED) is 0.287. The first-order valence-electron chi connectivity index (χ1n) is 13.1. The van der Waals surface area contributed by atoms with Gasteiger partial charge in [0.15, 0.2) is 0 Å². The lowest BCUT2D eigenvalue weighted by Crippen LogP contribution is -2.45. The van der Waals surface area contributed by atoms with Gasteiger partial charge in [-0.3, -0.25) is 14.6 Å². The number of carbonyl (C=O) groups excluding carboxylic acids is 2. The fraction of sp³-hybridized carbons (Fsp3) is 0.414. The molecule has 12 heteroatoms. The number of nitrogens with one attached hydrogen (secondary N) is 2. The van der Waals surface area contributed by atoms with Gasteiger partial charge in [0.2, 0.25) is 12.4 Å². The number of hydrogen-bond acceptors (Lipinski definition) is 8. The lowest BCUT2D eigenvalue weighted by atomic mass is 9.86. The van der Waals surface area contributed by atoms with Crippen LogP contribution in [0.5, 0.6) is 0 Å². The van der Waals surface area contributed by atoms with E-state index in [2.05, 4.69) is 25.6 Å². The number of aromatic nitrogens is 3. The molecule has 3 aromatic rings. The van der Waals surface area contributed by atoms with Gasteiger partial charge >= 0.3 is 0 Å². The number of nitrogen functional groups attached to an aromatic ring is 1. The fourth-order valence-corrected chi connectivity index (χ4v) is 4.08. The van der Waals surface area contributed by atoms with Crippen molar-refractivity contribution in [3.8, 4) is 11.3 Å². The molecular weight excluding hydrogens is 534 g/mol. The Labute approximate surface area is 238 Å². The van der Waals surface area contributed by atoms with Gasteiger partial charge in [0.05, 0.1) is 35.3 Å². The number of pyridine rings is 3. The Morgan fingerprint density at radius 1 is 1.15 bits per heavy atom. The Morgan fingerprint density at radius 2 is 1.85 bits per heavy atom. The number of anilines is 2. The highest BCUT2D eigenvalue weighted by Gasteiger charge is 2.35. The Hall–Kier alpha value is -4.03. The van der Waals surface area contributed by atoms with E-state index in [0.29, 0.717) is 24.1 Å². The van der Waals surface area contributed by atoms with Crippen molar-refractivity contribution in [2.75, 3.05) is 18.2 Å². The van der Waals surface area contributed by atoms with Crippen molar-refractivity contribution in [1.29, 1.82) is 0 Å². The summed E-state index contributed by atoms with van der Waals surface area (Å²) in [4.78, 5) is 35.6. The number of ether oxygens (including phenoxy) is 2. The molecule has 0 radical (unpaired) electrons. The molecule has 0 spiro atoms. The van der Waals surface area contributed by atoms with Crippen molar-refractivity contribution in [3.05, 3.63) is 65.7 Å². The summed E-state index contributed by atoms with van der Waals surface area (Å²) in [6.07, 6.45) is 3.65. The number of nitrogens with two attached hydrogens (primary N) is 1. The second kappa shape index (κ2) is 13.6. The van der Waals surface area contributed by atoms with Crippen molar-refractivity contribution in [1.82, 2.24) is 20.3 Å². The van der Waals surface area contributed by atoms with E-state index in [1.807, 2.05) is 34.6 Å².